The van der Waals surface area contributed by atoms with Crippen LogP contribution in [0.1, 0.15) is 6.42 Å². The number of thiol groups is 1. The van der Waals surface area contributed by atoms with Gasteiger partial charge in [0.15, 0.2) is 11.6 Å². The van der Waals surface area contributed by atoms with Crippen LogP contribution in [-0.4, -0.2) is 18.2 Å². The molecule has 1 aliphatic rings. The number of anilines is 1. The molecule has 0 aliphatic carbocycles. The number of hydrogen-bond donors (Lipinski definition) is 1. The van der Waals surface area contributed by atoms with Crippen LogP contribution in [0.4, 0.5) is 14.5 Å². The van der Waals surface area contributed by atoms with E-state index in [9.17, 15) is 13.6 Å². The highest BCUT2D eigenvalue weighted by Gasteiger charge is 2.31. The van der Waals surface area contributed by atoms with Gasteiger partial charge in [-0.2, -0.15) is 12.6 Å². The van der Waals surface area contributed by atoms with E-state index in [0.717, 1.165) is 6.07 Å². The lowest BCUT2D eigenvalue weighted by molar-refractivity contribution is -0.117. The van der Waals surface area contributed by atoms with Gasteiger partial charge in [0, 0.05) is 13.0 Å². The third-order valence-electron chi connectivity index (χ3n) is 2.77. The average molecular weight is 322 g/mol. The number of hydrogen-bond acceptors (Lipinski definition) is 2. The van der Waals surface area contributed by atoms with Crippen LogP contribution in [0, 0.1) is 17.6 Å². The number of rotatable bonds is 2. The van der Waals surface area contributed by atoms with Crippen molar-refractivity contribution in [3.63, 3.8) is 0 Å². The number of carbonyl (C=O) groups excluding carboxylic acids is 1. The van der Waals surface area contributed by atoms with Crippen molar-refractivity contribution in [2.24, 2.45) is 5.92 Å². The molecule has 2 nitrogen and oxygen atoms in total. The highest BCUT2D eigenvalue weighted by Crippen LogP contribution is 2.34. The minimum Gasteiger partial charge on any atom is -0.311 e. The zero-order valence-electron chi connectivity index (χ0n) is 8.79. The van der Waals surface area contributed by atoms with E-state index in [1.165, 1.54) is 11.0 Å². The largest absolute Gasteiger partial charge is 0.311 e. The summed E-state index contributed by atoms with van der Waals surface area (Å²) in [7, 11) is 0. The van der Waals surface area contributed by atoms with E-state index in [1.54, 1.807) is 0 Å². The molecular weight excluding hydrogens is 312 g/mol. The Labute approximate surface area is 112 Å². The van der Waals surface area contributed by atoms with E-state index >= 15 is 0 Å². The summed E-state index contributed by atoms with van der Waals surface area (Å²) >= 11 is 7.13. The molecule has 0 spiro atoms. The standard InChI is InChI=1S/C11H10BrF2NOS/c12-10-8(2-1-7(13)11(10)14)15-4-6(5-17)3-9(15)16/h1-2,6,17H,3-5H2. The normalized spacial score (nSPS) is 20.1. The van der Waals surface area contributed by atoms with Crippen molar-refractivity contribution in [2.45, 2.75) is 6.42 Å². The van der Waals surface area contributed by atoms with Crippen molar-refractivity contribution >= 4 is 40.2 Å². The van der Waals surface area contributed by atoms with E-state index in [-0.39, 0.29) is 16.3 Å². The zero-order chi connectivity index (χ0) is 12.6. The molecule has 1 unspecified atom stereocenters. The molecule has 1 aromatic rings. The predicted octanol–water partition coefficient (Wildman–Crippen LogP) is 3.01. The maximum Gasteiger partial charge on any atom is 0.227 e. The molecule has 1 aliphatic heterocycles. The van der Waals surface area contributed by atoms with Crippen LogP contribution >= 0.6 is 28.6 Å². The first-order valence-corrected chi connectivity index (χ1v) is 6.52. The highest BCUT2D eigenvalue weighted by molar-refractivity contribution is 9.10. The fourth-order valence-corrected chi connectivity index (χ4v) is 2.64. The summed E-state index contributed by atoms with van der Waals surface area (Å²) in [5, 5.41) is 0. The number of nitrogens with zero attached hydrogens (tertiary/aromatic N) is 1. The Morgan fingerprint density at radius 1 is 1.47 bits per heavy atom. The second-order valence-electron chi connectivity index (χ2n) is 3.95. The third kappa shape index (κ3) is 2.33. The van der Waals surface area contributed by atoms with Crippen molar-refractivity contribution in [3.05, 3.63) is 28.2 Å². The molecule has 0 bridgehead atoms. The molecule has 1 aromatic carbocycles. The van der Waals surface area contributed by atoms with Crippen LogP contribution in [0.3, 0.4) is 0 Å². The Bertz CT molecular complexity index is 469. The lowest BCUT2D eigenvalue weighted by Crippen LogP contribution is -2.25. The van der Waals surface area contributed by atoms with Crippen molar-refractivity contribution in [1.29, 1.82) is 0 Å². The van der Waals surface area contributed by atoms with Gasteiger partial charge in [-0.3, -0.25) is 4.79 Å². The van der Waals surface area contributed by atoms with Crippen LogP contribution < -0.4 is 4.90 Å². The summed E-state index contributed by atoms with van der Waals surface area (Å²) in [6, 6.07) is 2.43. The second kappa shape index (κ2) is 4.94. The van der Waals surface area contributed by atoms with Crippen molar-refractivity contribution < 1.29 is 13.6 Å². The minimum absolute atomic E-state index is 0.00864. The van der Waals surface area contributed by atoms with Crippen LogP contribution in [0.2, 0.25) is 0 Å². The van der Waals surface area contributed by atoms with Gasteiger partial charge in [0.1, 0.15) is 0 Å². The number of halogens is 3. The molecule has 1 heterocycles. The first-order chi connectivity index (χ1) is 8.04. The fraction of sp³-hybridized carbons (Fsp3) is 0.364. The maximum atomic E-state index is 13.4. The molecule has 17 heavy (non-hydrogen) atoms. The van der Waals surface area contributed by atoms with Gasteiger partial charge in [-0.25, -0.2) is 8.78 Å². The molecule has 1 atom stereocenters. The van der Waals surface area contributed by atoms with Gasteiger partial charge in [-0.1, -0.05) is 0 Å². The molecule has 0 N–H and O–H groups in total. The SMILES string of the molecule is O=C1CC(CS)CN1c1ccc(F)c(F)c1Br. The Morgan fingerprint density at radius 2 is 2.18 bits per heavy atom. The topological polar surface area (TPSA) is 20.3 Å². The van der Waals surface area contributed by atoms with Gasteiger partial charge < -0.3 is 4.90 Å². The highest BCUT2D eigenvalue weighted by atomic mass is 79.9. The van der Waals surface area contributed by atoms with Crippen molar-refractivity contribution in [3.8, 4) is 0 Å². The quantitative estimate of drug-likeness (QED) is 0.656. The first-order valence-electron chi connectivity index (χ1n) is 5.09. The Balaban J connectivity index is 2.35. The molecule has 1 fully saturated rings. The van der Waals surface area contributed by atoms with Crippen molar-refractivity contribution in [2.75, 3.05) is 17.2 Å². The molecule has 0 saturated carbocycles. The van der Waals surface area contributed by atoms with Crippen LogP contribution in [0.5, 0.6) is 0 Å². The van der Waals surface area contributed by atoms with Gasteiger partial charge in [-0.05, 0) is 39.7 Å². The lowest BCUT2D eigenvalue weighted by Gasteiger charge is -2.18. The molecule has 2 rings (SSSR count). The Kier molecular flexibility index (Phi) is 3.73. The van der Waals surface area contributed by atoms with Crippen LogP contribution in [0.25, 0.3) is 0 Å². The van der Waals surface area contributed by atoms with Crippen LogP contribution in [0.15, 0.2) is 16.6 Å². The second-order valence-corrected chi connectivity index (χ2v) is 5.11. The van der Waals surface area contributed by atoms with E-state index < -0.39 is 11.6 Å². The van der Waals surface area contributed by atoms with Gasteiger partial charge in [0.05, 0.1) is 10.2 Å². The van der Waals surface area contributed by atoms with E-state index in [1.807, 2.05) is 0 Å². The lowest BCUT2D eigenvalue weighted by atomic mass is 10.1. The summed E-state index contributed by atoms with van der Waals surface area (Å²) in [5.41, 5.74) is 0.373. The summed E-state index contributed by atoms with van der Waals surface area (Å²) in [5.74, 6) is -1.23. The third-order valence-corrected chi connectivity index (χ3v) is 4.04. The van der Waals surface area contributed by atoms with Gasteiger partial charge >= 0.3 is 0 Å². The molecule has 6 heteroatoms. The van der Waals surface area contributed by atoms with Gasteiger partial charge in [0.25, 0.3) is 0 Å². The fourth-order valence-electron chi connectivity index (χ4n) is 1.86. The molecule has 92 valence electrons. The zero-order valence-corrected chi connectivity index (χ0v) is 11.3. The summed E-state index contributed by atoms with van der Waals surface area (Å²) < 4.78 is 26.3. The summed E-state index contributed by atoms with van der Waals surface area (Å²) in [6.07, 6.45) is 0.398. The molecule has 0 aromatic heterocycles. The summed E-state index contributed by atoms with van der Waals surface area (Å²) in [6.45, 7) is 0.492. The summed E-state index contributed by atoms with van der Waals surface area (Å²) in [4.78, 5) is 13.2. The number of benzene rings is 1. The number of carbonyl (C=O) groups is 1. The van der Waals surface area contributed by atoms with Gasteiger partial charge in [0.2, 0.25) is 5.91 Å². The Hall–Kier alpha value is -0.620. The van der Waals surface area contributed by atoms with Crippen LogP contribution in [-0.2, 0) is 4.79 Å². The maximum absolute atomic E-state index is 13.4. The molecule has 1 amide bonds. The average Bonchev–Trinajstić information content (AvgIpc) is 2.68. The molecule has 1 saturated heterocycles. The van der Waals surface area contributed by atoms with E-state index in [2.05, 4.69) is 28.6 Å². The van der Waals surface area contributed by atoms with Crippen molar-refractivity contribution in [1.82, 2.24) is 0 Å². The smallest absolute Gasteiger partial charge is 0.227 e. The molecule has 0 radical (unpaired) electrons. The molecular formula is C11H10BrF2NOS. The first kappa shape index (κ1) is 12.8. The minimum atomic E-state index is -0.968. The van der Waals surface area contributed by atoms with E-state index in [0.29, 0.717) is 24.4 Å². The number of amides is 1. The predicted molar refractivity (Wildman–Crippen MR) is 68.4 cm³/mol. The Morgan fingerprint density at radius 3 is 2.76 bits per heavy atom. The monoisotopic (exact) mass is 321 g/mol. The van der Waals surface area contributed by atoms with E-state index in [4.69, 9.17) is 0 Å². The van der Waals surface area contributed by atoms with Gasteiger partial charge in [-0.15, -0.1) is 0 Å².